The number of nitrogens with zero attached hydrogens (tertiary/aromatic N) is 1. The number of allylic oxidation sites excluding steroid dienone is 2. The lowest BCUT2D eigenvalue weighted by molar-refractivity contribution is 0.229. The minimum absolute atomic E-state index is 0.764. The zero-order valence-corrected chi connectivity index (χ0v) is 12.9. The number of hydrogen-bond acceptors (Lipinski definition) is 2. The Bertz CT molecular complexity index is 471. The van der Waals surface area contributed by atoms with Gasteiger partial charge in [0.05, 0.1) is 7.11 Å². The van der Waals surface area contributed by atoms with Gasteiger partial charge in [-0.2, -0.15) is 0 Å². The summed E-state index contributed by atoms with van der Waals surface area (Å²) < 4.78 is 6.76. The van der Waals surface area contributed by atoms with Gasteiger partial charge in [-0.25, -0.2) is 0 Å². The predicted molar refractivity (Wildman–Crippen MR) is 80.9 cm³/mol. The number of methoxy groups -OCH3 is 1. The lowest BCUT2D eigenvalue weighted by Gasteiger charge is -2.25. The fourth-order valence-electron chi connectivity index (χ4n) is 3.36. The molecule has 2 aliphatic rings. The van der Waals surface area contributed by atoms with E-state index >= 15 is 0 Å². The molecule has 0 aromatic heterocycles. The minimum atomic E-state index is 0.764. The third-order valence-corrected chi connectivity index (χ3v) is 5.11. The Labute approximate surface area is 123 Å². The van der Waals surface area contributed by atoms with Crippen molar-refractivity contribution >= 4 is 15.9 Å². The van der Waals surface area contributed by atoms with Crippen molar-refractivity contribution in [1.29, 1.82) is 0 Å². The third kappa shape index (κ3) is 2.87. The van der Waals surface area contributed by atoms with E-state index in [9.17, 15) is 0 Å². The number of ether oxygens (including phenoxy) is 1. The number of halogens is 1. The van der Waals surface area contributed by atoms with Gasteiger partial charge in [-0.15, -0.1) is 0 Å². The molecule has 0 N–H and O–H groups in total. The molecule has 0 bridgehead atoms. The van der Waals surface area contributed by atoms with Crippen molar-refractivity contribution in [1.82, 2.24) is 4.90 Å². The van der Waals surface area contributed by atoms with E-state index < -0.39 is 0 Å². The Balaban J connectivity index is 1.63. The fraction of sp³-hybridized carbons (Fsp3) is 0.500. The fourth-order valence-corrected chi connectivity index (χ4v) is 4.10. The smallest absolute Gasteiger partial charge is 0.106 e. The Hall–Kier alpha value is -0.800. The van der Waals surface area contributed by atoms with Gasteiger partial charge in [0.2, 0.25) is 0 Å². The first-order valence-electron chi connectivity index (χ1n) is 6.94. The van der Waals surface area contributed by atoms with E-state index in [-0.39, 0.29) is 0 Å². The largest absolute Gasteiger partial charge is 0.500 e. The maximum Gasteiger partial charge on any atom is 0.106 e. The molecule has 1 saturated heterocycles. The van der Waals surface area contributed by atoms with Crippen LogP contribution in [0.25, 0.3) is 0 Å². The zero-order valence-electron chi connectivity index (χ0n) is 11.3. The highest BCUT2D eigenvalue weighted by molar-refractivity contribution is 9.11. The molecule has 0 saturated carbocycles. The van der Waals surface area contributed by atoms with Crippen LogP contribution in [-0.2, 0) is 11.3 Å². The number of likely N-dealkylation sites (tertiary alicyclic amines) is 1. The summed E-state index contributed by atoms with van der Waals surface area (Å²) in [5.74, 6) is 2.71. The summed E-state index contributed by atoms with van der Waals surface area (Å²) in [5, 5.41) is 0. The number of hydrogen-bond donors (Lipinski definition) is 0. The maximum atomic E-state index is 5.48. The Morgan fingerprint density at radius 3 is 2.53 bits per heavy atom. The van der Waals surface area contributed by atoms with Crippen LogP contribution >= 0.6 is 15.9 Å². The molecule has 0 amide bonds. The molecule has 1 aromatic carbocycles. The van der Waals surface area contributed by atoms with Gasteiger partial charge in [-0.3, -0.25) is 4.90 Å². The van der Waals surface area contributed by atoms with E-state index in [4.69, 9.17) is 4.74 Å². The highest BCUT2D eigenvalue weighted by atomic mass is 79.9. The molecule has 19 heavy (non-hydrogen) atoms. The molecule has 1 heterocycles. The quantitative estimate of drug-likeness (QED) is 0.840. The molecule has 0 spiro atoms. The van der Waals surface area contributed by atoms with Gasteiger partial charge in [0.1, 0.15) is 5.76 Å². The third-order valence-electron chi connectivity index (χ3n) is 4.34. The van der Waals surface area contributed by atoms with Gasteiger partial charge in [0, 0.05) is 30.5 Å². The van der Waals surface area contributed by atoms with E-state index in [1.807, 2.05) is 0 Å². The van der Waals surface area contributed by atoms with Crippen LogP contribution in [0.1, 0.15) is 18.4 Å². The van der Waals surface area contributed by atoms with Crippen molar-refractivity contribution in [3.8, 4) is 0 Å². The predicted octanol–water partition coefficient (Wildman–Crippen LogP) is 3.78. The lowest BCUT2D eigenvalue weighted by Crippen LogP contribution is -2.20. The molecular formula is C16H20BrNO. The molecule has 0 radical (unpaired) electrons. The summed E-state index contributed by atoms with van der Waals surface area (Å²) in [4.78, 5) is 2.59. The summed E-state index contributed by atoms with van der Waals surface area (Å²) in [7, 11) is 1.79. The molecule has 1 fully saturated rings. The molecule has 2 nitrogen and oxygen atoms in total. The highest BCUT2D eigenvalue weighted by Gasteiger charge is 2.37. The first-order valence-corrected chi connectivity index (χ1v) is 7.73. The monoisotopic (exact) mass is 321 g/mol. The van der Waals surface area contributed by atoms with Gasteiger partial charge in [-0.1, -0.05) is 46.3 Å². The van der Waals surface area contributed by atoms with Crippen LogP contribution in [0.5, 0.6) is 0 Å². The molecule has 2 unspecified atom stereocenters. The summed E-state index contributed by atoms with van der Waals surface area (Å²) in [6, 6.07) is 10.8. The first-order chi connectivity index (χ1) is 9.26. The zero-order chi connectivity index (χ0) is 13.2. The second-order valence-electron chi connectivity index (χ2n) is 5.64. The normalized spacial score (nSPS) is 27.5. The first kappa shape index (κ1) is 13.2. The molecule has 1 aliphatic carbocycles. The highest BCUT2D eigenvalue weighted by Crippen LogP contribution is 2.41. The lowest BCUT2D eigenvalue weighted by atomic mass is 9.85. The van der Waals surface area contributed by atoms with E-state index in [0.717, 1.165) is 37.0 Å². The molecule has 1 aromatic rings. The van der Waals surface area contributed by atoms with Gasteiger partial charge >= 0.3 is 0 Å². The minimum Gasteiger partial charge on any atom is -0.500 e. The summed E-state index contributed by atoms with van der Waals surface area (Å²) in [5.41, 5.74) is 1.42. The molecular weight excluding hydrogens is 302 g/mol. The van der Waals surface area contributed by atoms with E-state index in [2.05, 4.69) is 51.2 Å². The molecule has 3 rings (SSSR count). The molecule has 102 valence electrons. The van der Waals surface area contributed by atoms with Crippen molar-refractivity contribution in [3.05, 3.63) is 46.1 Å². The van der Waals surface area contributed by atoms with E-state index in [1.165, 1.54) is 23.1 Å². The average molecular weight is 322 g/mol. The summed E-state index contributed by atoms with van der Waals surface area (Å²) in [6.45, 7) is 3.49. The van der Waals surface area contributed by atoms with Crippen LogP contribution in [0.3, 0.4) is 0 Å². The van der Waals surface area contributed by atoms with Gasteiger partial charge < -0.3 is 4.74 Å². The van der Waals surface area contributed by atoms with Crippen molar-refractivity contribution < 1.29 is 4.74 Å². The van der Waals surface area contributed by atoms with Crippen LogP contribution in [0.2, 0.25) is 0 Å². The van der Waals surface area contributed by atoms with Crippen LogP contribution in [0, 0.1) is 11.8 Å². The topological polar surface area (TPSA) is 12.5 Å². The second kappa shape index (κ2) is 5.68. The molecule has 1 aliphatic heterocycles. The maximum absolute atomic E-state index is 5.48. The SMILES string of the molecule is COC1=C(Br)CC2CN(Cc3ccccc3)CC2C1. The number of benzene rings is 1. The summed E-state index contributed by atoms with van der Waals surface area (Å²) in [6.07, 6.45) is 2.23. The van der Waals surface area contributed by atoms with Crippen LogP contribution in [0.15, 0.2) is 40.6 Å². The number of fused-ring (bicyclic) bond motifs is 1. The second-order valence-corrected chi connectivity index (χ2v) is 6.60. The summed E-state index contributed by atoms with van der Waals surface area (Å²) >= 11 is 3.67. The van der Waals surface area contributed by atoms with Crippen molar-refractivity contribution in [2.75, 3.05) is 20.2 Å². The van der Waals surface area contributed by atoms with Crippen LogP contribution in [0.4, 0.5) is 0 Å². The molecule has 3 heteroatoms. The Morgan fingerprint density at radius 2 is 1.84 bits per heavy atom. The van der Waals surface area contributed by atoms with E-state index in [0.29, 0.717) is 0 Å². The van der Waals surface area contributed by atoms with Gasteiger partial charge in [0.25, 0.3) is 0 Å². The van der Waals surface area contributed by atoms with Crippen molar-refractivity contribution in [3.63, 3.8) is 0 Å². The van der Waals surface area contributed by atoms with Crippen LogP contribution in [-0.4, -0.2) is 25.1 Å². The van der Waals surface area contributed by atoms with Gasteiger partial charge in [-0.05, 0) is 23.8 Å². The molecule has 2 atom stereocenters. The number of rotatable bonds is 3. The van der Waals surface area contributed by atoms with Crippen LogP contribution < -0.4 is 0 Å². The van der Waals surface area contributed by atoms with Gasteiger partial charge in [0.15, 0.2) is 0 Å². The Morgan fingerprint density at radius 1 is 1.16 bits per heavy atom. The van der Waals surface area contributed by atoms with Crippen molar-refractivity contribution in [2.24, 2.45) is 11.8 Å². The van der Waals surface area contributed by atoms with E-state index in [1.54, 1.807) is 7.11 Å². The Kier molecular flexibility index (Phi) is 3.94. The standard InChI is InChI=1S/C16H20BrNO/c1-19-16-8-14-11-18(10-13(14)7-15(16)17)9-12-5-3-2-4-6-12/h2-6,13-14H,7-11H2,1H3. The van der Waals surface area contributed by atoms with Crippen molar-refractivity contribution in [2.45, 2.75) is 19.4 Å². The average Bonchev–Trinajstić information content (AvgIpc) is 2.80.